The molecule has 1 saturated heterocycles. The van der Waals surface area contributed by atoms with Crippen molar-refractivity contribution in [2.45, 2.75) is 6.54 Å². The number of nitrogens with zero attached hydrogens (tertiary/aromatic N) is 4. The van der Waals surface area contributed by atoms with Crippen LogP contribution in [0.2, 0.25) is 5.02 Å². The summed E-state index contributed by atoms with van der Waals surface area (Å²) in [4.78, 5) is 27.7. The molecule has 0 saturated carbocycles. The molecule has 0 N–H and O–H groups in total. The zero-order valence-corrected chi connectivity index (χ0v) is 18.1. The SMILES string of the molecule is CN(Cc1cn(-c2ccccc2)nc1-c1ccc(Cl)cc1)C(=O)CN1CCSC1=O. The van der Waals surface area contributed by atoms with Crippen molar-refractivity contribution < 1.29 is 9.59 Å². The number of carbonyl (C=O) groups excluding carboxylic acids is 2. The predicted molar refractivity (Wildman–Crippen MR) is 120 cm³/mol. The molecule has 0 radical (unpaired) electrons. The molecule has 4 rings (SSSR count). The van der Waals surface area contributed by atoms with E-state index < -0.39 is 0 Å². The van der Waals surface area contributed by atoms with E-state index in [9.17, 15) is 9.59 Å². The molecule has 0 bridgehead atoms. The van der Waals surface area contributed by atoms with E-state index in [0.29, 0.717) is 18.1 Å². The fourth-order valence-electron chi connectivity index (χ4n) is 3.29. The van der Waals surface area contributed by atoms with Crippen LogP contribution in [0.4, 0.5) is 4.79 Å². The number of hydrogen-bond acceptors (Lipinski definition) is 4. The second kappa shape index (κ2) is 8.93. The Balaban J connectivity index is 1.60. The van der Waals surface area contributed by atoms with Crippen LogP contribution in [-0.2, 0) is 11.3 Å². The molecule has 2 aromatic carbocycles. The Hall–Kier alpha value is -2.77. The number of halogens is 1. The number of rotatable bonds is 6. The molecule has 0 spiro atoms. The molecule has 8 heteroatoms. The second-order valence-corrected chi connectivity index (χ2v) is 8.56. The third-order valence-corrected chi connectivity index (χ3v) is 6.08. The van der Waals surface area contributed by atoms with Crippen LogP contribution in [0.1, 0.15) is 5.56 Å². The molecule has 2 amide bonds. The van der Waals surface area contributed by atoms with Gasteiger partial charge in [-0.15, -0.1) is 0 Å². The average Bonchev–Trinajstić information content (AvgIpc) is 3.35. The number of benzene rings is 2. The van der Waals surface area contributed by atoms with Gasteiger partial charge < -0.3 is 9.80 Å². The zero-order chi connectivity index (χ0) is 21.1. The van der Waals surface area contributed by atoms with Gasteiger partial charge in [-0.05, 0) is 24.3 Å². The van der Waals surface area contributed by atoms with Crippen molar-refractivity contribution in [3.63, 3.8) is 0 Å². The summed E-state index contributed by atoms with van der Waals surface area (Å²) in [6.07, 6.45) is 1.94. The second-order valence-electron chi connectivity index (χ2n) is 7.08. The van der Waals surface area contributed by atoms with E-state index in [0.717, 1.165) is 28.3 Å². The molecular weight excluding hydrogens is 420 g/mol. The molecule has 1 aliphatic heterocycles. The van der Waals surface area contributed by atoms with Crippen molar-refractivity contribution in [1.82, 2.24) is 19.6 Å². The molecule has 0 unspecified atom stereocenters. The molecule has 1 aliphatic rings. The van der Waals surface area contributed by atoms with Gasteiger partial charge in [0.15, 0.2) is 0 Å². The Labute approximate surface area is 184 Å². The van der Waals surface area contributed by atoms with Crippen molar-refractivity contribution in [1.29, 1.82) is 0 Å². The Morgan fingerprint density at radius 3 is 2.57 bits per heavy atom. The lowest BCUT2D eigenvalue weighted by Crippen LogP contribution is -2.38. The van der Waals surface area contributed by atoms with Gasteiger partial charge in [0.2, 0.25) is 5.91 Å². The first kappa shape index (κ1) is 20.5. The van der Waals surface area contributed by atoms with Gasteiger partial charge in [0, 0.05) is 48.2 Å². The molecule has 2 heterocycles. The summed E-state index contributed by atoms with van der Waals surface area (Å²) in [7, 11) is 1.75. The third-order valence-electron chi connectivity index (χ3n) is 4.93. The lowest BCUT2D eigenvalue weighted by molar-refractivity contribution is -0.130. The highest BCUT2D eigenvalue weighted by molar-refractivity contribution is 8.13. The van der Waals surface area contributed by atoms with Crippen LogP contribution in [0.5, 0.6) is 0 Å². The number of hydrogen-bond donors (Lipinski definition) is 0. The van der Waals surface area contributed by atoms with E-state index in [1.807, 2.05) is 65.5 Å². The van der Waals surface area contributed by atoms with Crippen molar-refractivity contribution in [3.05, 3.63) is 71.4 Å². The highest BCUT2D eigenvalue weighted by Crippen LogP contribution is 2.26. The molecule has 1 fully saturated rings. The number of carbonyl (C=O) groups is 2. The van der Waals surface area contributed by atoms with Gasteiger partial charge in [-0.3, -0.25) is 9.59 Å². The average molecular weight is 441 g/mol. The summed E-state index contributed by atoms with van der Waals surface area (Å²) in [5.41, 5.74) is 3.57. The standard InChI is InChI=1S/C22H21ClN4O2S/c1-25(20(28)15-26-11-12-30-22(26)29)13-17-14-27(19-5-3-2-4-6-19)24-21(17)16-7-9-18(23)10-8-16/h2-10,14H,11-13,15H2,1H3. The van der Waals surface area contributed by atoms with Crippen LogP contribution in [0.3, 0.4) is 0 Å². The van der Waals surface area contributed by atoms with Gasteiger partial charge in [0.1, 0.15) is 6.54 Å². The van der Waals surface area contributed by atoms with E-state index in [-0.39, 0.29) is 17.7 Å². The highest BCUT2D eigenvalue weighted by Gasteiger charge is 2.25. The highest BCUT2D eigenvalue weighted by atomic mass is 35.5. The van der Waals surface area contributed by atoms with Crippen LogP contribution in [-0.4, -0.2) is 56.6 Å². The topological polar surface area (TPSA) is 58.4 Å². The van der Waals surface area contributed by atoms with Crippen molar-refractivity contribution >= 4 is 34.5 Å². The van der Waals surface area contributed by atoms with Crippen LogP contribution in [0.25, 0.3) is 16.9 Å². The van der Waals surface area contributed by atoms with Crippen molar-refractivity contribution in [2.75, 3.05) is 25.9 Å². The number of aromatic nitrogens is 2. The summed E-state index contributed by atoms with van der Waals surface area (Å²) < 4.78 is 1.82. The quantitative estimate of drug-likeness (QED) is 0.572. The van der Waals surface area contributed by atoms with Gasteiger partial charge in [0.25, 0.3) is 5.24 Å². The maximum absolute atomic E-state index is 12.7. The van der Waals surface area contributed by atoms with E-state index >= 15 is 0 Å². The maximum Gasteiger partial charge on any atom is 0.282 e. The molecule has 6 nitrogen and oxygen atoms in total. The maximum atomic E-state index is 12.7. The molecule has 0 atom stereocenters. The van der Waals surface area contributed by atoms with Gasteiger partial charge >= 0.3 is 0 Å². The van der Waals surface area contributed by atoms with E-state index in [1.165, 1.54) is 11.8 Å². The Bertz CT molecular complexity index is 1050. The Morgan fingerprint density at radius 1 is 1.17 bits per heavy atom. The first-order chi connectivity index (χ1) is 14.5. The van der Waals surface area contributed by atoms with Gasteiger partial charge in [0.05, 0.1) is 11.4 Å². The Kier molecular flexibility index (Phi) is 6.11. The van der Waals surface area contributed by atoms with Crippen LogP contribution >= 0.6 is 23.4 Å². The molecule has 3 aromatic rings. The third kappa shape index (κ3) is 4.52. The largest absolute Gasteiger partial charge is 0.340 e. The monoisotopic (exact) mass is 440 g/mol. The van der Waals surface area contributed by atoms with Crippen molar-refractivity contribution in [2.24, 2.45) is 0 Å². The summed E-state index contributed by atoms with van der Waals surface area (Å²) in [5, 5.41) is 5.40. The Morgan fingerprint density at radius 2 is 1.90 bits per heavy atom. The van der Waals surface area contributed by atoms with E-state index in [4.69, 9.17) is 16.7 Å². The summed E-state index contributed by atoms with van der Waals surface area (Å²) in [6, 6.07) is 17.3. The number of amides is 2. The number of thioether (sulfide) groups is 1. The first-order valence-electron chi connectivity index (χ1n) is 9.57. The van der Waals surface area contributed by atoms with Gasteiger partial charge in [-0.1, -0.05) is 53.7 Å². The number of likely N-dealkylation sites (N-methyl/N-ethyl adjacent to an activating group) is 1. The molecule has 30 heavy (non-hydrogen) atoms. The zero-order valence-electron chi connectivity index (χ0n) is 16.5. The molecule has 154 valence electrons. The lowest BCUT2D eigenvalue weighted by Gasteiger charge is -2.21. The van der Waals surface area contributed by atoms with Crippen molar-refractivity contribution in [3.8, 4) is 16.9 Å². The van der Waals surface area contributed by atoms with Crippen LogP contribution in [0, 0.1) is 0 Å². The summed E-state index contributed by atoms with van der Waals surface area (Å²) in [5.74, 6) is 0.640. The van der Waals surface area contributed by atoms with Gasteiger partial charge in [-0.25, -0.2) is 4.68 Å². The van der Waals surface area contributed by atoms with Crippen LogP contribution < -0.4 is 0 Å². The number of para-hydroxylation sites is 1. The lowest BCUT2D eigenvalue weighted by atomic mass is 10.1. The summed E-state index contributed by atoms with van der Waals surface area (Å²) in [6.45, 7) is 1.11. The molecule has 1 aromatic heterocycles. The summed E-state index contributed by atoms with van der Waals surface area (Å²) >= 11 is 7.30. The van der Waals surface area contributed by atoms with Gasteiger partial charge in [-0.2, -0.15) is 5.10 Å². The minimum Gasteiger partial charge on any atom is -0.340 e. The first-order valence-corrected chi connectivity index (χ1v) is 10.9. The smallest absolute Gasteiger partial charge is 0.282 e. The fourth-order valence-corrected chi connectivity index (χ4v) is 4.24. The normalized spacial score (nSPS) is 13.7. The van der Waals surface area contributed by atoms with Crippen LogP contribution in [0.15, 0.2) is 60.8 Å². The molecular formula is C22H21ClN4O2S. The predicted octanol–water partition coefficient (Wildman–Crippen LogP) is 4.32. The minimum atomic E-state index is -0.0969. The minimum absolute atomic E-state index is 0.0319. The fraction of sp³-hybridized carbons (Fsp3) is 0.227. The van der Waals surface area contributed by atoms with E-state index in [1.54, 1.807) is 16.8 Å². The van der Waals surface area contributed by atoms with E-state index in [2.05, 4.69) is 0 Å². The molecule has 0 aliphatic carbocycles.